The first-order chi connectivity index (χ1) is 9.38. The maximum Gasteiger partial charge on any atom is 0.416 e. The normalized spacial score (nSPS) is 22.8. The topological polar surface area (TPSA) is 29.3 Å². The van der Waals surface area contributed by atoms with E-state index in [0.29, 0.717) is 6.42 Å². The van der Waals surface area contributed by atoms with Crippen molar-refractivity contribution in [2.75, 3.05) is 25.1 Å². The van der Waals surface area contributed by atoms with Crippen LogP contribution in [0.5, 0.6) is 0 Å². The van der Waals surface area contributed by atoms with Crippen molar-refractivity contribution in [3.63, 3.8) is 0 Å². The lowest BCUT2D eigenvalue weighted by Gasteiger charge is -2.36. The number of nitrogens with two attached hydrogens (primary N) is 1. The molecular formula is C14H19F3N2S. The summed E-state index contributed by atoms with van der Waals surface area (Å²) in [5, 5.41) is 0. The molecule has 0 aliphatic carbocycles. The highest BCUT2D eigenvalue weighted by atomic mass is 32.2. The second kappa shape index (κ2) is 6.37. The zero-order chi connectivity index (χ0) is 14.8. The molecule has 2 rings (SSSR count). The van der Waals surface area contributed by atoms with Gasteiger partial charge in [-0.1, -0.05) is 12.1 Å². The quantitative estimate of drug-likeness (QED) is 0.931. The molecule has 1 aromatic carbocycles. The van der Waals surface area contributed by atoms with E-state index >= 15 is 0 Å². The fraction of sp³-hybridized carbons (Fsp3) is 0.571. The third-order valence-corrected chi connectivity index (χ3v) is 4.74. The van der Waals surface area contributed by atoms with Crippen molar-refractivity contribution < 1.29 is 13.2 Å². The van der Waals surface area contributed by atoms with Gasteiger partial charge in [0.1, 0.15) is 0 Å². The Morgan fingerprint density at radius 2 is 2.00 bits per heavy atom. The van der Waals surface area contributed by atoms with Gasteiger partial charge in [0.15, 0.2) is 0 Å². The van der Waals surface area contributed by atoms with Gasteiger partial charge in [0.25, 0.3) is 0 Å². The van der Waals surface area contributed by atoms with Gasteiger partial charge in [0, 0.05) is 30.1 Å². The Balaban J connectivity index is 1.99. The van der Waals surface area contributed by atoms with Gasteiger partial charge in [-0.2, -0.15) is 24.9 Å². The van der Waals surface area contributed by atoms with Crippen molar-refractivity contribution in [3.8, 4) is 0 Å². The van der Waals surface area contributed by atoms with E-state index in [1.165, 1.54) is 12.1 Å². The number of thioether (sulfide) groups is 1. The molecule has 0 spiro atoms. The van der Waals surface area contributed by atoms with Gasteiger partial charge in [-0.3, -0.25) is 0 Å². The fourth-order valence-electron chi connectivity index (χ4n) is 2.39. The zero-order valence-corrected chi connectivity index (χ0v) is 12.2. The van der Waals surface area contributed by atoms with E-state index in [4.69, 9.17) is 5.73 Å². The molecule has 1 fully saturated rings. The average Bonchev–Trinajstić information content (AvgIpc) is 2.38. The lowest BCUT2D eigenvalue weighted by molar-refractivity contribution is -0.137. The van der Waals surface area contributed by atoms with E-state index in [0.717, 1.165) is 35.7 Å². The predicted molar refractivity (Wildman–Crippen MR) is 76.9 cm³/mol. The summed E-state index contributed by atoms with van der Waals surface area (Å²) in [6.45, 7) is 1.01. The molecule has 1 heterocycles. The number of benzene rings is 1. The molecular weight excluding hydrogens is 285 g/mol. The van der Waals surface area contributed by atoms with Gasteiger partial charge in [0.05, 0.1) is 5.56 Å². The molecule has 6 heteroatoms. The van der Waals surface area contributed by atoms with Crippen LogP contribution in [0.3, 0.4) is 0 Å². The number of halogens is 3. The Morgan fingerprint density at radius 1 is 1.35 bits per heavy atom. The van der Waals surface area contributed by atoms with Crippen molar-refractivity contribution in [3.05, 3.63) is 35.4 Å². The van der Waals surface area contributed by atoms with E-state index in [-0.39, 0.29) is 12.1 Å². The lowest BCUT2D eigenvalue weighted by Crippen LogP contribution is -2.51. The molecule has 0 amide bonds. The Labute approximate surface area is 121 Å². The Bertz CT molecular complexity index is 433. The SMILES string of the molecule is CN1CCSCC1C(N)Cc1ccc(C(F)(F)F)cc1. The second-order valence-electron chi connectivity index (χ2n) is 5.19. The van der Waals surface area contributed by atoms with E-state index in [1.54, 1.807) is 0 Å². The molecule has 1 aliphatic rings. The minimum atomic E-state index is -4.28. The maximum atomic E-state index is 12.5. The zero-order valence-electron chi connectivity index (χ0n) is 11.4. The summed E-state index contributed by atoms with van der Waals surface area (Å²) in [7, 11) is 2.05. The van der Waals surface area contributed by atoms with Crippen LogP contribution in [0.15, 0.2) is 24.3 Å². The summed E-state index contributed by atoms with van der Waals surface area (Å²) in [4.78, 5) is 2.24. The van der Waals surface area contributed by atoms with Crippen LogP contribution in [0.1, 0.15) is 11.1 Å². The van der Waals surface area contributed by atoms with Crippen molar-refractivity contribution in [2.24, 2.45) is 5.73 Å². The van der Waals surface area contributed by atoms with Crippen molar-refractivity contribution in [1.82, 2.24) is 4.90 Å². The van der Waals surface area contributed by atoms with E-state index in [9.17, 15) is 13.2 Å². The van der Waals surface area contributed by atoms with Crippen molar-refractivity contribution >= 4 is 11.8 Å². The van der Waals surface area contributed by atoms with Crippen LogP contribution in [-0.4, -0.2) is 42.1 Å². The van der Waals surface area contributed by atoms with Gasteiger partial charge in [-0.05, 0) is 31.2 Å². The molecule has 2 nitrogen and oxygen atoms in total. The molecule has 2 N–H and O–H groups in total. The first-order valence-corrected chi connectivity index (χ1v) is 7.73. The number of hydrogen-bond acceptors (Lipinski definition) is 3. The van der Waals surface area contributed by atoms with E-state index in [1.807, 2.05) is 11.8 Å². The third-order valence-electron chi connectivity index (χ3n) is 3.69. The highest BCUT2D eigenvalue weighted by Gasteiger charge is 2.30. The second-order valence-corrected chi connectivity index (χ2v) is 6.34. The summed E-state index contributed by atoms with van der Waals surface area (Å²) < 4.78 is 37.5. The third kappa shape index (κ3) is 3.90. The molecule has 1 aliphatic heterocycles. The maximum absolute atomic E-state index is 12.5. The smallest absolute Gasteiger partial charge is 0.326 e. The minimum Gasteiger partial charge on any atom is -0.326 e. The molecule has 0 bridgehead atoms. The van der Waals surface area contributed by atoms with Gasteiger partial charge in [0.2, 0.25) is 0 Å². The summed E-state index contributed by atoms with van der Waals surface area (Å²) in [5.41, 5.74) is 6.46. The monoisotopic (exact) mass is 304 g/mol. The highest BCUT2D eigenvalue weighted by Crippen LogP contribution is 2.29. The van der Waals surface area contributed by atoms with Crippen molar-refractivity contribution in [2.45, 2.75) is 24.7 Å². The molecule has 2 atom stereocenters. The van der Waals surface area contributed by atoms with E-state index < -0.39 is 11.7 Å². The van der Waals surface area contributed by atoms with Crippen LogP contribution in [0.4, 0.5) is 13.2 Å². The van der Waals surface area contributed by atoms with Crippen LogP contribution in [0.2, 0.25) is 0 Å². The Hall–Kier alpha value is -0.720. The van der Waals surface area contributed by atoms with Gasteiger partial charge in [-0.25, -0.2) is 0 Å². The molecule has 1 saturated heterocycles. The number of nitrogens with zero attached hydrogens (tertiary/aromatic N) is 1. The molecule has 112 valence electrons. The van der Waals surface area contributed by atoms with Crippen LogP contribution in [0, 0.1) is 0 Å². The first-order valence-electron chi connectivity index (χ1n) is 6.57. The number of rotatable bonds is 3. The molecule has 1 aromatic rings. The first kappa shape index (κ1) is 15.7. The van der Waals surface area contributed by atoms with Crippen LogP contribution in [-0.2, 0) is 12.6 Å². The molecule has 20 heavy (non-hydrogen) atoms. The van der Waals surface area contributed by atoms with Gasteiger partial charge >= 0.3 is 6.18 Å². The van der Waals surface area contributed by atoms with Crippen LogP contribution < -0.4 is 5.73 Å². The standard InChI is InChI=1S/C14H19F3N2S/c1-19-6-7-20-9-13(19)12(18)8-10-2-4-11(5-3-10)14(15,16)17/h2-5,12-13H,6-9,18H2,1H3. The lowest BCUT2D eigenvalue weighted by atomic mass is 9.99. The van der Waals surface area contributed by atoms with Crippen LogP contribution >= 0.6 is 11.8 Å². The number of hydrogen-bond donors (Lipinski definition) is 1. The number of alkyl halides is 3. The van der Waals surface area contributed by atoms with Crippen molar-refractivity contribution in [1.29, 1.82) is 0 Å². The highest BCUT2D eigenvalue weighted by molar-refractivity contribution is 7.99. The molecule has 0 aromatic heterocycles. The largest absolute Gasteiger partial charge is 0.416 e. The average molecular weight is 304 g/mol. The summed E-state index contributed by atoms with van der Waals surface area (Å²) in [6.07, 6.45) is -3.67. The predicted octanol–water partition coefficient (Wildman–Crippen LogP) is 2.62. The summed E-state index contributed by atoms with van der Waals surface area (Å²) in [5.74, 6) is 2.10. The van der Waals surface area contributed by atoms with E-state index in [2.05, 4.69) is 11.9 Å². The van der Waals surface area contributed by atoms with Crippen LogP contribution in [0.25, 0.3) is 0 Å². The molecule has 0 saturated carbocycles. The van der Waals surface area contributed by atoms with Gasteiger partial charge < -0.3 is 10.6 Å². The Morgan fingerprint density at radius 3 is 2.55 bits per heavy atom. The Kier molecular flexibility index (Phi) is 4.99. The summed E-state index contributed by atoms with van der Waals surface area (Å²) >= 11 is 1.88. The summed E-state index contributed by atoms with van der Waals surface area (Å²) in [6, 6.07) is 5.54. The molecule has 0 radical (unpaired) electrons. The fourth-order valence-corrected chi connectivity index (χ4v) is 3.72. The minimum absolute atomic E-state index is 0.0514. The molecule has 2 unspecified atom stereocenters. The number of likely N-dealkylation sites (N-methyl/N-ethyl adjacent to an activating group) is 1. The van der Waals surface area contributed by atoms with Gasteiger partial charge in [-0.15, -0.1) is 0 Å².